The number of aromatic nitrogens is 1. The lowest BCUT2D eigenvalue weighted by Gasteiger charge is -2.35. The monoisotopic (exact) mass is 523 g/mol. The summed E-state index contributed by atoms with van der Waals surface area (Å²) in [5.41, 5.74) is 3.49. The van der Waals surface area contributed by atoms with Crippen molar-refractivity contribution in [3.05, 3.63) is 59.3 Å². The Balaban J connectivity index is 0.00000320. The first kappa shape index (κ1) is 24.1. The van der Waals surface area contributed by atoms with Gasteiger partial charge in [0.05, 0.1) is 13.2 Å². The number of ether oxygens (including phenoxy) is 1. The van der Waals surface area contributed by atoms with Crippen LogP contribution >= 0.6 is 24.0 Å². The highest BCUT2D eigenvalue weighted by Gasteiger charge is 2.25. The van der Waals surface area contributed by atoms with Crippen LogP contribution in [0.5, 0.6) is 0 Å². The smallest absolute Gasteiger partial charge is 0.227 e. The molecule has 1 atom stereocenters. The fourth-order valence-electron chi connectivity index (χ4n) is 3.35. The van der Waals surface area contributed by atoms with E-state index in [0.29, 0.717) is 25.4 Å². The van der Waals surface area contributed by atoms with Gasteiger partial charge in [0.25, 0.3) is 0 Å². The van der Waals surface area contributed by atoms with Gasteiger partial charge in [0, 0.05) is 32.8 Å². The van der Waals surface area contributed by atoms with Crippen molar-refractivity contribution in [3.8, 4) is 0 Å². The van der Waals surface area contributed by atoms with Crippen molar-refractivity contribution in [3.63, 3.8) is 0 Å². The number of aliphatic imine (C=N–C) groups is 1. The molecule has 1 fully saturated rings. The molecule has 7 nitrogen and oxygen atoms in total. The second-order valence-corrected chi connectivity index (χ2v) is 7.15. The number of rotatable bonds is 5. The molecule has 2 aromatic rings. The summed E-state index contributed by atoms with van der Waals surface area (Å²) in [5, 5.41) is 6.10. The van der Waals surface area contributed by atoms with E-state index < -0.39 is 0 Å². The number of halogens is 1. The van der Waals surface area contributed by atoms with Gasteiger partial charge in [0.15, 0.2) is 5.96 Å². The number of anilines is 1. The molecule has 30 heavy (non-hydrogen) atoms. The highest BCUT2D eigenvalue weighted by molar-refractivity contribution is 14.0. The number of aryl methyl sites for hydroxylation is 2. The van der Waals surface area contributed by atoms with Crippen molar-refractivity contribution in [1.29, 1.82) is 0 Å². The third-order valence-electron chi connectivity index (χ3n) is 4.93. The average Bonchev–Trinajstić information content (AvgIpc) is 2.73. The van der Waals surface area contributed by atoms with Crippen molar-refractivity contribution in [2.45, 2.75) is 26.4 Å². The minimum absolute atomic E-state index is 0. The summed E-state index contributed by atoms with van der Waals surface area (Å²) in [4.78, 5) is 22.9. The Bertz CT molecular complexity index is 857. The second-order valence-electron chi connectivity index (χ2n) is 7.15. The third kappa shape index (κ3) is 6.66. The summed E-state index contributed by atoms with van der Waals surface area (Å²) in [6.45, 7) is 6.69. The number of hydrogen-bond donors (Lipinski definition) is 2. The van der Waals surface area contributed by atoms with E-state index in [0.717, 1.165) is 24.6 Å². The Hall–Kier alpha value is -2.20. The van der Waals surface area contributed by atoms with Gasteiger partial charge >= 0.3 is 0 Å². The zero-order chi connectivity index (χ0) is 20.6. The summed E-state index contributed by atoms with van der Waals surface area (Å²) in [6.07, 6.45) is 2.08. The normalized spacial score (nSPS) is 16.6. The molecule has 8 heteroatoms. The molecule has 1 aromatic heterocycles. The highest BCUT2D eigenvalue weighted by Crippen LogP contribution is 2.24. The Morgan fingerprint density at radius 1 is 1.27 bits per heavy atom. The summed E-state index contributed by atoms with van der Waals surface area (Å²) >= 11 is 0. The predicted octanol–water partition coefficient (Wildman–Crippen LogP) is 3.29. The Morgan fingerprint density at radius 2 is 2.07 bits per heavy atom. The summed E-state index contributed by atoms with van der Waals surface area (Å²) in [6, 6.07) is 12.0. The molecule has 0 bridgehead atoms. The van der Waals surface area contributed by atoms with Crippen LogP contribution in [-0.2, 0) is 9.53 Å². The molecular weight excluding hydrogens is 493 g/mol. The standard InChI is InChI=1S/C22H29N5O2.HI/c1-16-8-9-20(25-14-16)26-21(28)10-11-24-22(23-3)27-12-13-29-19(15-27)18-7-5-4-6-17(18)2;/h4-9,14,19H,10-13,15H2,1-3H3,(H,23,24)(H,25,26,28);1H. The quantitative estimate of drug-likeness (QED) is 0.358. The van der Waals surface area contributed by atoms with Crippen LogP contribution in [0.25, 0.3) is 0 Å². The number of carbonyl (C=O) groups is 1. The topological polar surface area (TPSA) is 78.8 Å². The van der Waals surface area contributed by atoms with Crippen LogP contribution < -0.4 is 10.6 Å². The molecule has 0 spiro atoms. The molecule has 2 heterocycles. The van der Waals surface area contributed by atoms with Crippen LogP contribution in [0.2, 0.25) is 0 Å². The molecule has 2 N–H and O–H groups in total. The highest BCUT2D eigenvalue weighted by atomic mass is 127. The maximum Gasteiger partial charge on any atom is 0.227 e. The molecule has 1 aliphatic heterocycles. The van der Waals surface area contributed by atoms with Crippen molar-refractivity contribution in [1.82, 2.24) is 15.2 Å². The van der Waals surface area contributed by atoms with Crippen LogP contribution in [-0.4, -0.2) is 55.0 Å². The number of benzene rings is 1. The number of nitrogens with zero attached hydrogens (tertiary/aromatic N) is 3. The first-order valence-electron chi connectivity index (χ1n) is 9.92. The maximum atomic E-state index is 12.2. The first-order valence-corrected chi connectivity index (χ1v) is 9.92. The summed E-state index contributed by atoms with van der Waals surface area (Å²) in [5.74, 6) is 1.27. The number of carbonyl (C=O) groups excluding carboxylic acids is 1. The van der Waals surface area contributed by atoms with Gasteiger partial charge in [0.1, 0.15) is 11.9 Å². The third-order valence-corrected chi connectivity index (χ3v) is 4.93. The number of guanidine groups is 1. The first-order chi connectivity index (χ1) is 14.1. The fourth-order valence-corrected chi connectivity index (χ4v) is 3.35. The Kier molecular flexibility index (Phi) is 9.51. The van der Waals surface area contributed by atoms with Gasteiger partial charge in [-0.2, -0.15) is 0 Å². The number of pyridine rings is 1. The van der Waals surface area contributed by atoms with E-state index in [9.17, 15) is 4.79 Å². The van der Waals surface area contributed by atoms with E-state index in [1.165, 1.54) is 11.1 Å². The van der Waals surface area contributed by atoms with E-state index in [2.05, 4.69) is 44.6 Å². The van der Waals surface area contributed by atoms with E-state index >= 15 is 0 Å². The van der Waals surface area contributed by atoms with E-state index in [1.54, 1.807) is 19.3 Å². The second kappa shape index (κ2) is 11.8. The molecule has 1 saturated heterocycles. The van der Waals surface area contributed by atoms with Gasteiger partial charge < -0.3 is 20.3 Å². The minimum atomic E-state index is -0.0796. The molecule has 1 amide bonds. The van der Waals surface area contributed by atoms with Crippen LogP contribution in [0.4, 0.5) is 5.82 Å². The molecule has 1 aromatic carbocycles. The van der Waals surface area contributed by atoms with Crippen molar-refractivity contribution in [2.24, 2.45) is 4.99 Å². The molecular formula is C22H30IN5O2. The molecule has 0 radical (unpaired) electrons. The number of amides is 1. The molecule has 1 unspecified atom stereocenters. The molecule has 1 aliphatic rings. The minimum Gasteiger partial charge on any atom is -0.370 e. The zero-order valence-electron chi connectivity index (χ0n) is 17.7. The molecule has 0 saturated carbocycles. The molecule has 162 valence electrons. The van der Waals surface area contributed by atoms with Gasteiger partial charge in [-0.25, -0.2) is 4.98 Å². The average molecular weight is 523 g/mol. The van der Waals surface area contributed by atoms with E-state index in [-0.39, 0.29) is 36.0 Å². The number of morpholine rings is 1. The predicted molar refractivity (Wildman–Crippen MR) is 130 cm³/mol. The van der Waals surface area contributed by atoms with Crippen LogP contribution in [0.15, 0.2) is 47.6 Å². The van der Waals surface area contributed by atoms with E-state index in [4.69, 9.17) is 4.74 Å². The lowest BCUT2D eigenvalue weighted by Crippen LogP contribution is -2.48. The van der Waals surface area contributed by atoms with Crippen LogP contribution in [0.1, 0.15) is 29.2 Å². The van der Waals surface area contributed by atoms with Gasteiger partial charge in [-0.05, 0) is 36.6 Å². The van der Waals surface area contributed by atoms with Crippen LogP contribution in [0, 0.1) is 13.8 Å². The maximum absolute atomic E-state index is 12.2. The Morgan fingerprint density at radius 3 is 2.77 bits per heavy atom. The van der Waals surface area contributed by atoms with Gasteiger partial charge in [-0.15, -0.1) is 24.0 Å². The number of nitrogens with one attached hydrogen (secondary N) is 2. The largest absolute Gasteiger partial charge is 0.370 e. The molecule has 3 rings (SSSR count). The van der Waals surface area contributed by atoms with Gasteiger partial charge in [-0.1, -0.05) is 30.3 Å². The molecule has 0 aliphatic carbocycles. The van der Waals surface area contributed by atoms with Crippen molar-refractivity contribution >= 4 is 41.7 Å². The zero-order valence-corrected chi connectivity index (χ0v) is 20.1. The Labute approximate surface area is 195 Å². The van der Waals surface area contributed by atoms with Gasteiger partial charge in [0.2, 0.25) is 5.91 Å². The van der Waals surface area contributed by atoms with Crippen molar-refractivity contribution in [2.75, 3.05) is 38.6 Å². The number of hydrogen-bond acceptors (Lipinski definition) is 4. The fraction of sp³-hybridized carbons (Fsp3) is 0.409. The summed E-state index contributed by atoms with van der Waals surface area (Å²) < 4.78 is 5.99. The SMILES string of the molecule is CN=C(NCCC(=O)Nc1ccc(C)cn1)N1CCOC(c2ccccc2C)C1.I. The van der Waals surface area contributed by atoms with Crippen molar-refractivity contribution < 1.29 is 9.53 Å². The van der Waals surface area contributed by atoms with Gasteiger partial charge in [-0.3, -0.25) is 9.79 Å². The summed E-state index contributed by atoms with van der Waals surface area (Å²) in [7, 11) is 1.76. The van der Waals surface area contributed by atoms with Crippen LogP contribution in [0.3, 0.4) is 0 Å². The van der Waals surface area contributed by atoms with E-state index in [1.807, 2.05) is 25.1 Å². The lowest BCUT2D eigenvalue weighted by atomic mass is 10.0. The lowest BCUT2D eigenvalue weighted by molar-refractivity contribution is -0.116.